The molecule has 9 nitrogen and oxygen atoms in total. The molecule has 174 valence electrons. The fourth-order valence-electron chi connectivity index (χ4n) is 4.11. The zero-order valence-electron chi connectivity index (χ0n) is 18.9. The molecule has 1 aromatic carbocycles. The number of anilines is 3. The molecule has 4 aromatic rings. The number of nitrogens with zero attached hydrogens (tertiary/aromatic N) is 6. The molecule has 0 atom stereocenters. The zero-order chi connectivity index (χ0) is 23.7. The molecular formula is C24H24ClN7O2. The van der Waals surface area contributed by atoms with Crippen LogP contribution in [0.3, 0.4) is 0 Å². The van der Waals surface area contributed by atoms with Gasteiger partial charge in [0.2, 0.25) is 11.9 Å². The lowest BCUT2D eigenvalue weighted by Crippen LogP contribution is -2.48. The number of pyridine rings is 1. The van der Waals surface area contributed by atoms with Gasteiger partial charge >= 0.3 is 0 Å². The quantitative estimate of drug-likeness (QED) is 0.467. The first-order valence-corrected chi connectivity index (χ1v) is 11.3. The number of nitrogens with one attached hydrogen (secondary N) is 1. The molecule has 1 N–H and O–H groups in total. The van der Waals surface area contributed by atoms with Crippen LogP contribution in [0.5, 0.6) is 5.75 Å². The molecule has 5 rings (SSSR count). The molecule has 1 aliphatic rings. The number of imidazole rings is 1. The van der Waals surface area contributed by atoms with E-state index in [2.05, 4.69) is 25.2 Å². The number of piperazine rings is 1. The number of carbonyl (C=O) groups is 1. The van der Waals surface area contributed by atoms with Crippen LogP contribution in [0.4, 0.5) is 17.3 Å². The van der Waals surface area contributed by atoms with Crippen molar-refractivity contribution >= 4 is 40.5 Å². The number of aromatic nitrogens is 4. The van der Waals surface area contributed by atoms with Gasteiger partial charge in [0.05, 0.1) is 35.9 Å². The van der Waals surface area contributed by atoms with Gasteiger partial charge < -0.3 is 19.9 Å². The van der Waals surface area contributed by atoms with Crippen molar-refractivity contribution in [2.24, 2.45) is 0 Å². The summed E-state index contributed by atoms with van der Waals surface area (Å²) in [6, 6.07) is 11.7. The monoisotopic (exact) mass is 477 g/mol. The van der Waals surface area contributed by atoms with Gasteiger partial charge in [0, 0.05) is 45.0 Å². The van der Waals surface area contributed by atoms with E-state index in [1.54, 1.807) is 26.4 Å². The molecule has 0 bridgehead atoms. The van der Waals surface area contributed by atoms with Crippen molar-refractivity contribution in [1.82, 2.24) is 24.3 Å². The van der Waals surface area contributed by atoms with Crippen molar-refractivity contribution < 1.29 is 9.53 Å². The molecule has 0 saturated carbocycles. The van der Waals surface area contributed by atoms with Gasteiger partial charge in [-0.2, -0.15) is 0 Å². The summed E-state index contributed by atoms with van der Waals surface area (Å²) in [5.41, 5.74) is 3.92. The van der Waals surface area contributed by atoms with Gasteiger partial charge in [-0.3, -0.25) is 9.20 Å². The summed E-state index contributed by atoms with van der Waals surface area (Å²) in [5.74, 6) is 1.17. The average Bonchev–Trinajstić information content (AvgIpc) is 3.29. The number of ether oxygens (including phenoxy) is 1. The van der Waals surface area contributed by atoms with Gasteiger partial charge in [0.25, 0.3) is 0 Å². The minimum atomic E-state index is 0.110. The minimum Gasteiger partial charge on any atom is -0.495 e. The van der Waals surface area contributed by atoms with Crippen molar-refractivity contribution in [1.29, 1.82) is 0 Å². The third-order valence-corrected chi connectivity index (χ3v) is 6.20. The molecule has 0 spiro atoms. The second-order valence-electron chi connectivity index (χ2n) is 7.97. The van der Waals surface area contributed by atoms with Crippen molar-refractivity contribution in [2.45, 2.75) is 6.92 Å². The smallest absolute Gasteiger partial charge is 0.227 e. The molecule has 0 aliphatic carbocycles. The molecule has 1 saturated heterocycles. The molecule has 10 heteroatoms. The van der Waals surface area contributed by atoms with Crippen LogP contribution < -0.4 is 15.0 Å². The van der Waals surface area contributed by atoms with Crippen LogP contribution in [0, 0.1) is 0 Å². The first kappa shape index (κ1) is 22.0. The van der Waals surface area contributed by atoms with E-state index in [9.17, 15) is 4.79 Å². The Morgan fingerprint density at radius 2 is 1.91 bits per heavy atom. The lowest BCUT2D eigenvalue weighted by atomic mass is 10.2. The number of methoxy groups -OCH3 is 1. The first-order chi connectivity index (χ1) is 16.5. The standard InChI is InChI=1S/C24H24ClN7O2/c1-16(33)30-9-11-31(12-10-30)17-6-7-21(34-2)19(13-17)28-24-27-14-18(25)23(29-24)20-15-26-22-5-3-4-8-32(20)22/h3-8,13-15H,9-12H2,1-2H3,(H,27,28,29). The fraction of sp³-hybridized carbons (Fsp3) is 0.250. The van der Waals surface area contributed by atoms with Crippen molar-refractivity contribution in [3.05, 3.63) is 60.0 Å². The summed E-state index contributed by atoms with van der Waals surface area (Å²) in [5, 5.41) is 3.71. The Balaban J connectivity index is 1.43. The van der Waals surface area contributed by atoms with E-state index in [1.807, 2.05) is 51.9 Å². The maximum Gasteiger partial charge on any atom is 0.227 e. The van der Waals surface area contributed by atoms with Crippen molar-refractivity contribution in [3.63, 3.8) is 0 Å². The number of amides is 1. The molecule has 0 unspecified atom stereocenters. The van der Waals surface area contributed by atoms with E-state index in [0.717, 1.165) is 35.8 Å². The van der Waals surface area contributed by atoms with Crippen molar-refractivity contribution in [2.75, 3.05) is 43.5 Å². The van der Waals surface area contributed by atoms with E-state index in [1.165, 1.54) is 0 Å². The van der Waals surface area contributed by atoms with E-state index in [4.69, 9.17) is 16.3 Å². The molecule has 1 amide bonds. The predicted octanol–water partition coefficient (Wildman–Crippen LogP) is 3.87. The highest BCUT2D eigenvalue weighted by molar-refractivity contribution is 6.32. The lowest BCUT2D eigenvalue weighted by molar-refractivity contribution is -0.129. The van der Waals surface area contributed by atoms with Gasteiger partial charge in [-0.25, -0.2) is 15.0 Å². The number of halogens is 1. The molecule has 1 fully saturated rings. The van der Waals surface area contributed by atoms with Crippen LogP contribution in [0.15, 0.2) is 55.0 Å². The fourth-order valence-corrected chi connectivity index (χ4v) is 4.29. The van der Waals surface area contributed by atoms with Gasteiger partial charge in [0.15, 0.2) is 0 Å². The van der Waals surface area contributed by atoms with E-state index < -0.39 is 0 Å². The Bertz CT molecular complexity index is 1350. The number of rotatable bonds is 5. The Hall–Kier alpha value is -3.85. The van der Waals surface area contributed by atoms with Crippen molar-refractivity contribution in [3.8, 4) is 17.1 Å². The maximum absolute atomic E-state index is 11.6. The first-order valence-electron chi connectivity index (χ1n) is 10.9. The molecule has 34 heavy (non-hydrogen) atoms. The highest BCUT2D eigenvalue weighted by Crippen LogP contribution is 2.33. The molecular weight excluding hydrogens is 454 g/mol. The second kappa shape index (κ2) is 9.18. The second-order valence-corrected chi connectivity index (χ2v) is 8.37. The molecule has 1 aliphatic heterocycles. The van der Waals surface area contributed by atoms with E-state index in [0.29, 0.717) is 35.5 Å². The van der Waals surface area contributed by atoms with E-state index >= 15 is 0 Å². The Morgan fingerprint density at radius 3 is 2.68 bits per heavy atom. The summed E-state index contributed by atoms with van der Waals surface area (Å²) in [4.78, 5) is 29.2. The number of hydrogen-bond donors (Lipinski definition) is 1. The molecule has 0 radical (unpaired) electrons. The number of hydrogen-bond acceptors (Lipinski definition) is 7. The Kier molecular flexibility index (Phi) is 5.93. The zero-order valence-corrected chi connectivity index (χ0v) is 19.7. The summed E-state index contributed by atoms with van der Waals surface area (Å²) >= 11 is 6.46. The van der Waals surface area contributed by atoms with Gasteiger partial charge in [-0.1, -0.05) is 17.7 Å². The SMILES string of the molecule is COc1ccc(N2CCN(C(C)=O)CC2)cc1Nc1ncc(Cl)c(-c2cnc3ccccn23)n1. The van der Waals surface area contributed by atoms with Gasteiger partial charge in [-0.05, 0) is 30.3 Å². The highest BCUT2D eigenvalue weighted by Gasteiger charge is 2.20. The van der Waals surface area contributed by atoms with Gasteiger partial charge in [0.1, 0.15) is 17.1 Å². The summed E-state index contributed by atoms with van der Waals surface area (Å²) in [6.45, 7) is 4.54. The third kappa shape index (κ3) is 4.22. The molecule has 4 heterocycles. The van der Waals surface area contributed by atoms with Crippen LogP contribution in [0.1, 0.15) is 6.92 Å². The lowest BCUT2D eigenvalue weighted by Gasteiger charge is -2.35. The number of fused-ring (bicyclic) bond motifs is 1. The summed E-state index contributed by atoms with van der Waals surface area (Å²) in [7, 11) is 1.62. The van der Waals surface area contributed by atoms with Crippen LogP contribution in [0.2, 0.25) is 5.02 Å². The van der Waals surface area contributed by atoms with Crippen LogP contribution in [-0.2, 0) is 4.79 Å². The highest BCUT2D eigenvalue weighted by atomic mass is 35.5. The topological polar surface area (TPSA) is 87.9 Å². The maximum atomic E-state index is 11.6. The van der Waals surface area contributed by atoms with Crippen LogP contribution in [0.25, 0.3) is 17.0 Å². The van der Waals surface area contributed by atoms with E-state index in [-0.39, 0.29) is 5.91 Å². The largest absolute Gasteiger partial charge is 0.495 e. The Labute approximate surface area is 202 Å². The number of carbonyl (C=O) groups excluding carboxylic acids is 1. The number of benzene rings is 1. The Morgan fingerprint density at radius 1 is 1.09 bits per heavy atom. The third-order valence-electron chi connectivity index (χ3n) is 5.92. The average molecular weight is 478 g/mol. The normalized spacial score (nSPS) is 13.9. The van der Waals surface area contributed by atoms with Crippen LogP contribution in [-0.4, -0.2) is 63.4 Å². The van der Waals surface area contributed by atoms with Crippen LogP contribution >= 0.6 is 11.6 Å². The summed E-state index contributed by atoms with van der Waals surface area (Å²) in [6.07, 6.45) is 5.24. The summed E-state index contributed by atoms with van der Waals surface area (Å²) < 4.78 is 7.49. The van der Waals surface area contributed by atoms with Gasteiger partial charge in [-0.15, -0.1) is 0 Å². The predicted molar refractivity (Wildman–Crippen MR) is 132 cm³/mol. The molecule has 3 aromatic heterocycles. The minimum absolute atomic E-state index is 0.110.